The fourth-order valence-electron chi connectivity index (χ4n) is 7.80. The van der Waals surface area contributed by atoms with Gasteiger partial charge in [-0.25, -0.2) is 0 Å². The highest BCUT2D eigenvalue weighted by Crippen LogP contribution is 2.47. The minimum absolute atomic E-state index is 0.613. The molecule has 0 bridgehead atoms. The molecule has 280 valence electrons. The first-order valence-corrected chi connectivity index (χ1v) is 23.4. The quantitative estimate of drug-likeness (QED) is 0.0742. The van der Waals surface area contributed by atoms with Gasteiger partial charge >= 0.3 is 0 Å². The Labute approximate surface area is 356 Å². The molecular formula is C53H44S4. The smallest absolute Gasteiger partial charge is 0.0701 e. The van der Waals surface area contributed by atoms with Crippen molar-refractivity contribution >= 4 is 47.9 Å². The Morgan fingerprint density at radius 3 is 0.684 bits per heavy atom. The lowest BCUT2D eigenvalue weighted by Gasteiger charge is -2.37. The van der Waals surface area contributed by atoms with Crippen LogP contribution in [0.25, 0.3) is 44.5 Å². The molecule has 0 aromatic heterocycles. The molecule has 0 saturated heterocycles. The van der Waals surface area contributed by atoms with Gasteiger partial charge in [-0.3, -0.25) is 0 Å². The molecule has 8 aromatic carbocycles. The van der Waals surface area contributed by atoms with E-state index in [9.17, 15) is 0 Å². The number of hydrogen-bond donors (Lipinski definition) is 1. The molecule has 0 atom stereocenters. The first-order chi connectivity index (χ1) is 28.0. The molecule has 0 saturated carbocycles. The van der Waals surface area contributed by atoms with Gasteiger partial charge in [0.1, 0.15) is 0 Å². The molecule has 0 aliphatic rings. The first-order valence-electron chi connectivity index (χ1n) is 19.1. The third kappa shape index (κ3) is 8.15. The lowest BCUT2D eigenvalue weighted by molar-refractivity contribution is 0.745. The number of thiol groups is 1. The molecule has 0 heterocycles. The molecule has 0 unspecified atom stereocenters. The van der Waals surface area contributed by atoms with Crippen LogP contribution >= 0.6 is 47.9 Å². The largest absolute Gasteiger partial charge is 0.175 e. The number of benzene rings is 8. The SMILES string of the molecule is CSc1ccc(-c2ccc(C(c3ccc(-c4ccc(CS)cc4)cc3)(c3ccc(-c4ccc(SC)cc4)cc3)c3ccc(-c4ccc(SC)cc4)cc3)cc2)cc1. The standard InChI is InChI=1S/C53H44S4/c1-55-50-30-16-43(17-31-50)40-10-24-47(25-11-40)53(46-22-8-39(9-23-46)38-6-4-37(36-54)5-7-38,48-26-12-41(13-27-48)44-18-32-51(56-2)33-19-44)49-28-14-42(15-29-49)45-20-34-52(57-3)35-21-45/h4-35,54H,36H2,1-3H3. The highest BCUT2D eigenvalue weighted by Gasteiger charge is 2.38. The van der Waals surface area contributed by atoms with Crippen molar-refractivity contribution in [1.82, 2.24) is 0 Å². The van der Waals surface area contributed by atoms with Crippen LogP contribution in [0.1, 0.15) is 27.8 Å². The average molecular weight is 809 g/mol. The Morgan fingerprint density at radius 2 is 0.491 bits per heavy atom. The molecule has 0 aliphatic carbocycles. The van der Waals surface area contributed by atoms with Crippen molar-refractivity contribution in [2.24, 2.45) is 0 Å². The van der Waals surface area contributed by atoms with Crippen molar-refractivity contribution in [2.75, 3.05) is 18.8 Å². The molecule has 0 N–H and O–H groups in total. The Balaban J connectivity index is 1.31. The lowest BCUT2D eigenvalue weighted by Crippen LogP contribution is -2.31. The Bertz CT molecular complexity index is 2150. The van der Waals surface area contributed by atoms with Gasteiger partial charge < -0.3 is 0 Å². The molecular weight excluding hydrogens is 765 g/mol. The Hall–Kier alpha value is -4.84. The maximum Gasteiger partial charge on any atom is 0.0701 e. The fraction of sp³-hybridized carbons (Fsp3) is 0.0943. The second kappa shape index (κ2) is 17.7. The summed E-state index contributed by atoms with van der Waals surface area (Å²) in [6.07, 6.45) is 6.37. The topological polar surface area (TPSA) is 0 Å². The summed E-state index contributed by atoms with van der Waals surface area (Å²) in [5.74, 6) is 0.730. The monoisotopic (exact) mass is 808 g/mol. The molecule has 0 amide bonds. The van der Waals surface area contributed by atoms with E-state index in [0.717, 1.165) is 5.75 Å². The van der Waals surface area contributed by atoms with E-state index in [4.69, 9.17) is 0 Å². The van der Waals surface area contributed by atoms with Crippen LogP contribution in [0, 0.1) is 0 Å². The third-order valence-electron chi connectivity index (χ3n) is 11.0. The molecule has 8 rings (SSSR count). The van der Waals surface area contributed by atoms with Gasteiger partial charge in [-0.15, -0.1) is 35.3 Å². The molecule has 0 spiro atoms. The average Bonchev–Trinajstić information content (AvgIpc) is 3.30. The normalized spacial score (nSPS) is 11.4. The van der Waals surface area contributed by atoms with Gasteiger partial charge in [0.15, 0.2) is 0 Å². The maximum absolute atomic E-state index is 4.48. The minimum atomic E-state index is -0.613. The highest BCUT2D eigenvalue weighted by molar-refractivity contribution is 7.99. The van der Waals surface area contributed by atoms with Crippen molar-refractivity contribution < 1.29 is 0 Å². The van der Waals surface area contributed by atoms with E-state index in [0.29, 0.717) is 0 Å². The zero-order chi connectivity index (χ0) is 39.2. The summed E-state index contributed by atoms with van der Waals surface area (Å²) in [6.45, 7) is 0. The van der Waals surface area contributed by atoms with E-state index in [1.165, 1.54) is 87.0 Å². The second-order valence-corrected chi connectivity index (χ2v) is 17.1. The predicted octanol–water partition coefficient (Wildman–Crippen LogP) is 15.3. The molecule has 4 heteroatoms. The van der Waals surface area contributed by atoms with Gasteiger partial charge in [0.05, 0.1) is 5.41 Å². The van der Waals surface area contributed by atoms with Crippen molar-refractivity contribution in [2.45, 2.75) is 25.9 Å². The molecule has 8 aromatic rings. The number of thioether (sulfide) groups is 3. The molecule has 57 heavy (non-hydrogen) atoms. The number of hydrogen-bond acceptors (Lipinski definition) is 4. The van der Waals surface area contributed by atoms with Crippen molar-refractivity contribution in [3.8, 4) is 44.5 Å². The van der Waals surface area contributed by atoms with E-state index < -0.39 is 5.41 Å². The van der Waals surface area contributed by atoms with E-state index in [-0.39, 0.29) is 0 Å². The Kier molecular flexibility index (Phi) is 12.1. The number of rotatable bonds is 12. The fourth-order valence-corrected chi connectivity index (χ4v) is 9.24. The minimum Gasteiger partial charge on any atom is -0.175 e. The summed E-state index contributed by atoms with van der Waals surface area (Å²) in [7, 11) is 0. The summed E-state index contributed by atoms with van der Waals surface area (Å²) in [6, 6.07) is 72.4. The van der Waals surface area contributed by atoms with Crippen LogP contribution in [0.5, 0.6) is 0 Å². The van der Waals surface area contributed by atoms with E-state index in [2.05, 4.69) is 226 Å². The molecule has 0 fully saturated rings. The second-order valence-electron chi connectivity index (χ2n) is 14.1. The molecule has 0 nitrogen and oxygen atoms in total. The lowest BCUT2D eigenvalue weighted by atomic mass is 9.64. The van der Waals surface area contributed by atoms with Gasteiger partial charge in [-0.05, 0) is 127 Å². The zero-order valence-electron chi connectivity index (χ0n) is 32.4. The zero-order valence-corrected chi connectivity index (χ0v) is 35.7. The first kappa shape index (κ1) is 39.0. The molecule has 0 aliphatic heterocycles. The van der Waals surface area contributed by atoms with Crippen molar-refractivity contribution in [1.29, 1.82) is 0 Å². The van der Waals surface area contributed by atoms with Crippen molar-refractivity contribution in [3.63, 3.8) is 0 Å². The maximum atomic E-state index is 4.48. The van der Waals surface area contributed by atoms with Crippen LogP contribution in [0.15, 0.2) is 209 Å². The van der Waals surface area contributed by atoms with Gasteiger partial charge in [0.25, 0.3) is 0 Å². The van der Waals surface area contributed by atoms with Gasteiger partial charge in [-0.2, -0.15) is 12.6 Å². The summed E-state index contributed by atoms with van der Waals surface area (Å²) in [4.78, 5) is 3.80. The third-order valence-corrected chi connectivity index (χ3v) is 13.6. The summed E-state index contributed by atoms with van der Waals surface area (Å²) < 4.78 is 0. The summed E-state index contributed by atoms with van der Waals surface area (Å²) in [5, 5.41) is 0. The summed E-state index contributed by atoms with van der Waals surface area (Å²) >= 11 is 9.79. The van der Waals surface area contributed by atoms with Crippen LogP contribution in [0.4, 0.5) is 0 Å². The van der Waals surface area contributed by atoms with E-state index in [1.54, 1.807) is 35.3 Å². The molecule has 0 radical (unpaired) electrons. The van der Waals surface area contributed by atoms with Gasteiger partial charge in [0.2, 0.25) is 0 Å². The van der Waals surface area contributed by atoms with Gasteiger partial charge in [0, 0.05) is 20.4 Å². The van der Waals surface area contributed by atoms with Crippen molar-refractivity contribution in [3.05, 3.63) is 222 Å². The van der Waals surface area contributed by atoms with Crippen LogP contribution < -0.4 is 0 Å². The van der Waals surface area contributed by atoms with Crippen LogP contribution in [0.2, 0.25) is 0 Å². The Morgan fingerprint density at radius 1 is 0.298 bits per heavy atom. The van der Waals surface area contributed by atoms with E-state index >= 15 is 0 Å². The van der Waals surface area contributed by atoms with Crippen LogP contribution in [-0.4, -0.2) is 18.8 Å². The van der Waals surface area contributed by atoms with Gasteiger partial charge in [-0.1, -0.05) is 158 Å². The predicted molar refractivity (Wildman–Crippen MR) is 255 cm³/mol. The summed E-state index contributed by atoms with van der Waals surface area (Å²) in [5.41, 5.74) is 15.1. The van der Waals surface area contributed by atoms with Crippen LogP contribution in [0.3, 0.4) is 0 Å². The van der Waals surface area contributed by atoms with Crippen LogP contribution in [-0.2, 0) is 11.2 Å². The van der Waals surface area contributed by atoms with E-state index in [1.807, 2.05) is 0 Å². The highest BCUT2D eigenvalue weighted by atomic mass is 32.2.